The first-order valence-corrected chi connectivity index (χ1v) is 6.08. The molecule has 2 heteroatoms. The summed E-state index contributed by atoms with van der Waals surface area (Å²) in [5, 5.41) is 0. The van der Waals surface area contributed by atoms with Crippen LogP contribution in [0.15, 0.2) is 24.3 Å². The summed E-state index contributed by atoms with van der Waals surface area (Å²) in [6, 6.07) is 7.81. The second kappa shape index (κ2) is 7.15. The molecule has 2 nitrogen and oxygen atoms in total. The Labute approximate surface area is 98.6 Å². The zero-order valence-electron chi connectivity index (χ0n) is 10.5. The largest absolute Gasteiger partial charge is 0.494 e. The van der Waals surface area contributed by atoms with Crippen LogP contribution in [0.2, 0.25) is 0 Å². The van der Waals surface area contributed by atoms with Crippen molar-refractivity contribution in [2.45, 2.75) is 33.6 Å². The van der Waals surface area contributed by atoms with Crippen LogP contribution in [0.1, 0.15) is 33.6 Å². The van der Waals surface area contributed by atoms with E-state index in [9.17, 15) is 0 Å². The van der Waals surface area contributed by atoms with Gasteiger partial charge in [0, 0.05) is 0 Å². The quantitative estimate of drug-likeness (QED) is 0.651. The predicted octanol–water partition coefficient (Wildman–Crippen LogP) is 3.90. The topological polar surface area (TPSA) is 18.5 Å². The highest BCUT2D eigenvalue weighted by Crippen LogP contribution is 2.17. The summed E-state index contributed by atoms with van der Waals surface area (Å²) in [5.41, 5.74) is 0. The predicted molar refractivity (Wildman–Crippen MR) is 67.2 cm³/mol. The van der Waals surface area contributed by atoms with Crippen molar-refractivity contribution < 1.29 is 9.47 Å². The molecule has 0 spiro atoms. The minimum Gasteiger partial charge on any atom is -0.494 e. The van der Waals surface area contributed by atoms with Gasteiger partial charge in [-0.05, 0) is 49.9 Å². The maximum Gasteiger partial charge on any atom is 0.119 e. The Kier molecular flexibility index (Phi) is 5.76. The second-order valence-electron chi connectivity index (χ2n) is 4.29. The van der Waals surface area contributed by atoms with Gasteiger partial charge in [-0.15, -0.1) is 0 Å². The summed E-state index contributed by atoms with van der Waals surface area (Å²) in [6.45, 7) is 7.95. The van der Waals surface area contributed by atoms with Crippen molar-refractivity contribution in [3.63, 3.8) is 0 Å². The van der Waals surface area contributed by atoms with E-state index in [2.05, 4.69) is 13.8 Å². The van der Waals surface area contributed by atoms with Crippen LogP contribution >= 0.6 is 0 Å². The molecule has 0 N–H and O–H groups in total. The van der Waals surface area contributed by atoms with Crippen molar-refractivity contribution >= 4 is 0 Å². The molecule has 0 aliphatic heterocycles. The van der Waals surface area contributed by atoms with E-state index in [-0.39, 0.29) is 0 Å². The minimum atomic E-state index is 0.703. The molecule has 0 aliphatic rings. The first kappa shape index (κ1) is 12.9. The van der Waals surface area contributed by atoms with Crippen LogP contribution in [0.25, 0.3) is 0 Å². The van der Waals surface area contributed by atoms with Crippen molar-refractivity contribution in [1.29, 1.82) is 0 Å². The third-order valence-electron chi connectivity index (χ3n) is 2.33. The van der Waals surface area contributed by atoms with E-state index in [0.717, 1.165) is 30.4 Å². The highest BCUT2D eigenvalue weighted by atomic mass is 16.5. The lowest BCUT2D eigenvalue weighted by molar-refractivity contribution is 0.296. The Morgan fingerprint density at radius 1 is 1.00 bits per heavy atom. The Morgan fingerprint density at radius 2 is 1.56 bits per heavy atom. The van der Waals surface area contributed by atoms with Crippen LogP contribution in [-0.4, -0.2) is 13.2 Å². The van der Waals surface area contributed by atoms with Crippen molar-refractivity contribution in [2.75, 3.05) is 13.2 Å². The third kappa shape index (κ3) is 5.06. The van der Waals surface area contributed by atoms with Gasteiger partial charge >= 0.3 is 0 Å². The molecule has 0 radical (unpaired) electrons. The molecule has 0 aromatic heterocycles. The van der Waals surface area contributed by atoms with Gasteiger partial charge in [0.15, 0.2) is 0 Å². The SMILES string of the molecule is CCOc1ccc(OCCCC(C)C)cc1. The van der Waals surface area contributed by atoms with E-state index in [4.69, 9.17) is 9.47 Å². The van der Waals surface area contributed by atoms with Gasteiger partial charge in [0.05, 0.1) is 13.2 Å². The number of hydrogen-bond donors (Lipinski definition) is 0. The molecular weight excluding hydrogens is 200 g/mol. The molecule has 1 rings (SSSR count). The molecule has 0 saturated carbocycles. The lowest BCUT2D eigenvalue weighted by Gasteiger charge is -2.08. The molecule has 0 heterocycles. The van der Waals surface area contributed by atoms with Crippen LogP contribution < -0.4 is 9.47 Å². The highest BCUT2D eigenvalue weighted by molar-refractivity contribution is 5.31. The zero-order valence-corrected chi connectivity index (χ0v) is 10.5. The summed E-state index contributed by atoms with van der Waals surface area (Å²) in [6.07, 6.45) is 2.34. The second-order valence-corrected chi connectivity index (χ2v) is 4.29. The van der Waals surface area contributed by atoms with E-state index < -0.39 is 0 Å². The van der Waals surface area contributed by atoms with Gasteiger partial charge in [-0.1, -0.05) is 13.8 Å². The van der Waals surface area contributed by atoms with Crippen molar-refractivity contribution in [1.82, 2.24) is 0 Å². The molecule has 0 aliphatic carbocycles. The van der Waals surface area contributed by atoms with E-state index in [1.165, 1.54) is 6.42 Å². The molecule has 1 aromatic rings. The summed E-state index contributed by atoms with van der Waals surface area (Å²) < 4.78 is 11.0. The fraction of sp³-hybridized carbons (Fsp3) is 0.571. The number of benzene rings is 1. The van der Waals surface area contributed by atoms with Gasteiger partial charge in [-0.3, -0.25) is 0 Å². The summed E-state index contributed by atoms with van der Waals surface area (Å²) >= 11 is 0. The van der Waals surface area contributed by atoms with Crippen LogP contribution in [0.5, 0.6) is 11.5 Å². The van der Waals surface area contributed by atoms with Gasteiger partial charge in [-0.25, -0.2) is 0 Å². The molecular formula is C14H22O2. The van der Waals surface area contributed by atoms with Crippen LogP contribution in [-0.2, 0) is 0 Å². The van der Waals surface area contributed by atoms with Gasteiger partial charge in [-0.2, -0.15) is 0 Å². The van der Waals surface area contributed by atoms with Gasteiger partial charge in [0.1, 0.15) is 11.5 Å². The zero-order chi connectivity index (χ0) is 11.8. The molecule has 0 bridgehead atoms. The Hall–Kier alpha value is -1.18. The summed E-state index contributed by atoms with van der Waals surface area (Å²) in [4.78, 5) is 0. The molecule has 16 heavy (non-hydrogen) atoms. The molecule has 0 atom stereocenters. The normalized spacial score (nSPS) is 10.5. The summed E-state index contributed by atoms with van der Waals surface area (Å²) in [7, 11) is 0. The fourth-order valence-electron chi connectivity index (χ4n) is 1.48. The third-order valence-corrected chi connectivity index (χ3v) is 2.33. The number of rotatable bonds is 7. The van der Waals surface area contributed by atoms with Gasteiger partial charge in [0.2, 0.25) is 0 Å². The number of ether oxygens (including phenoxy) is 2. The maximum absolute atomic E-state index is 5.63. The van der Waals surface area contributed by atoms with E-state index in [1.807, 2.05) is 31.2 Å². The Bertz CT molecular complexity index is 277. The average molecular weight is 222 g/mol. The van der Waals surface area contributed by atoms with E-state index >= 15 is 0 Å². The van der Waals surface area contributed by atoms with E-state index in [1.54, 1.807) is 0 Å². The fourth-order valence-corrected chi connectivity index (χ4v) is 1.48. The smallest absolute Gasteiger partial charge is 0.119 e. The molecule has 0 saturated heterocycles. The van der Waals surface area contributed by atoms with Crippen LogP contribution in [0.3, 0.4) is 0 Å². The Balaban J connectivity index is 2.26. The molecule has 0 unspecified atom stereocenters. The molecule has 1 aromatic carbocycles. The van der Waals surface area contributed by atoms with Crippen molar-refractivity contribution in [3.8, 4) is 11.5 Å². The molecule has 90 valence electrons. The van der Waals surface area contributed by atoms with Crippen molar-refractivity contribution in [2.24, 2.45) is 5.92 Å². The Morgan fingerprint density at radius 3 is 2.06 bits per heavy atom. The first-order valence-electron chi connectivity index (χ1n) is 6.08. The lowest BCUT2D eigenvalue weighted by atomic mass is 10.1. The van der Waals surface area contributed by atoms with Crippen molar-refractivity contribution in [3.05, 3.63) is 24.3 Å². The van der Waals surface area contributed by atoms with Crippen LogP contribution in [0.4, 0.5) is 0 Å². The highest BCUT2D eigenvalue weighted by Gasteiger charge is 1.97. The first-order chi connectivity index (χ1) is 7.72. The maximum atomic E-state index is 5.63. The van der Waals surface area contributed by atoms with Crippen LogP contribution in [0, 0.1) is 5.92 Å². The summed E-state index contributed by atoms with van der Waals surface area (Å²) in [5.74, 6) is 2.58. The molecule has 0 amide bonds. The van der Waals surface area contributed by atoms with Gasteiger partial charge < -0.3 is 9.47 Å². The minimum absolute atomic E-state index is 0.703. The standard InChI is InChI=1S/C14H22O2/c1-4-15-13-7-9-14(10-8-13)16-11-5-6-12(2)3/h7-10,12H,4-6,11H2,1-3H3. The lowest BCUT2D eigenvalue weighted by Crippen LogP contribution is -1.99. The molecule has 0 fully saturated rings. The van der Waals surface area contributed by atoms with E-state index in [0.29, 0.717) is 6.61 Å². The van der Waals surface area contributed by atoms with Gasteiger partial charge in [0.25, 0.3) is 0 Å². The monoisotopic (exact) mass is 222 g/mol. The average Bonchev–Trinajstić information content (AvgIpc) is 2.27. The number of hydrogen-bond acceptors (Lipinski definition) is 2.